The van der Waals surface area contributed by atoms with Gasteiger partial charge in [0.05, 0.1) is 12.1 Å². The van der Waals surface area contributed by atoms with Crippen molar-refractivity contribution in [2.45, 2.75) is 52.4 Å². The summed E-state index contributed by atoms with van der Waals surface area (Å²) in [6.07, 6.45) is 2.31. The highest BCUT2D eigenvalue weighted by Crippen LogP contribution is 2.28. The fourth-order valence-electron chi connectivity index (χ4n) is 2.94. The van der Waals surface area contributed by atoms with Crippen LogP contribution in [0.5, 0.6) is 0 Å². The molecule has 0 N–H and O–H groups in total. The first-order chi connectivity index (χ1) is 10.9. The summed E-state index contributed by atoms with van der Waals surface area (Å²) in [7, 11) is 0. The van der Waals surface area contributed by atoms with E-state index < -0.39 is 0 Å². The molecule has 2 aromatic rings. The van der Waals surface area contributed by atoms with Gasteiger partial charge in [0.25, 0.3) is 0 Å². The molecule has 0 fully saturated rings. The number of benzene rings is 1. The minimum absolute atomic E-state index is 0.0804. The highest BCUT2D eigenvalue weighted by molar-refractivity contribution is 5.95. The van der Waals surface area contributed by atoms with Crippen molar-refractivity contribution >= 4 is 11.6 Å². The number of nitrogens with zero attached hydrogens (tertiary/aromatic N) is 2. The predicted octanol–water partition coefficient (Wildman–Crippen LogP) is 3.80. The zero-order valence-electron chi connectivity index (χ0n) is 14.3. The number of para-hydroxylation sites is 1. The van der Waals surface area contributed by atoms with E-state index in [1.54, 1.807) is 0 Å². The molecule has 0 spiro atoms. The van der Waals surface area contributed by atoms with Gasteiger partial charge in [0, 0.05) is 17.6 Å². The van der Waals surface area contributed by atoms with E-state index in [1.165, 1.54) is 5.56 Å². The molecule has 0 unspecified atom stereocenters. The van der Waals surface area contributed by atoms with E-state index in [2.05, 4.69) is 31.8 Å². The van der Waals surface area contributed by atoms with Crippen LogP contribution in [0.1, 0.15) is 50.1 Å². The van der Waals surface area contributed by atoms with Gasteiger partial charge in [-0.25, -0.2) is 4.98 Å². The normalized spacial score (nSPS) is 14.7. The minimum atomic E-state index is -0.149. The number of carbonyl (C=O) groups excluding carboxylic acids is 1. The summed E-state index contributed by atoms with van der Waals surface area (Å²) < 4.78 is 5.87. The zero-order valence-corrected chi connectivity index (χ0v) is 14.3. The van der Waals surface area contributed by atoms with Crippen LogP contribution in [0, 0.1) is 6.92 Å². The number of aryl methyl sites for hydroxylation is 2. The van der Waals surface area contributed by atoms with E-state index in [0.717, 1.165) is 30.8 Å². The van der Waals surface area contributed by atoms with Gasteiger partial charge in [-0.05, 0) is 31.4 Å². The minimum Gasteiger partial charge on any atom is -0.444 e. The maximum Gasteiger partial charge on any atom is 0.234 e. The molecule has 3 rings (SSSR count). The van der Waals surface area contributed by atoms with Crippen LogP contribution in [0.15, 0.2) is 28.7 Å². The Bertz CT molecular complexity index is 725. The summed E-state index contributed by atoms with van der Waals surface area (Å²) in [5, 5.41) is 0. The smallest absolute Gasteiger partial charge is 0.234 e. The van der Waals surface area contributed by atoms with Crippen molar-refractivity contribution in [2.75, 3.05) is 11.4 Å². The molecule has 4 nitrogen and oxygen atoms in total. The van der Waals surface area contributed by atoms with Crippen LogP contribution in [0.4, 0.5) is 5.69 Å². The monoisotopic (exact) mass is 312 g/mol. The number of oxazole rings is 1. The van der Waals surface area contributed by atoms with Gasteiger partial charge in [-0.1, -0.05) is 39.0 Å². The van der Waals surface area contributed by atoms with Crippen LogP contribution in [-0.4, -0.2) is 17.4 Å². The van der Waals surface area contributed by atoms with Crippen LogP contribution >= 0.6 is 0 Å². The lowest BCUT2D eigenvalue weighted by molar-refractivity contribution is -0.118. The van der Waals surface area contributed by atoms with Crippen molar-refractivity contribution in [2.24, 2.45) is 0 Å². The fraction of sp³-hybridized carbons (Fsp3) is 0.474. The van der Waals surface area contributed by atoms with Gasteiger partial charge < -0.3 is 9.32 Å². The molecule has 2 heterocycles. The molecule has 1 aliphatic heterocycles. The lowest BCUT2D eigenvalue weighted by Crippen LogP contribution is -2.36. The molecule has 1 aromatic heterocycles. The Morgan fingerprint density at radius 2 is 2.04 bits per heavy atom. The van der Waals surface area contributed by atoms with Gasteiger partial charge in [0.15, 0.2) is 5.89 Å². The molecular formula is C19H24N2O2. The lowest BCUT2D eigenvalue weighted by atomic mass is 9.97. The number of aromatic nitrogens is 1. The van der Waals surface area contributed by atoms with Crippen molar-refractivity contribution in [3.8, 4) is 0 Å². The van der Waals surface area contributed by atoms with E-state index in [-0.39, 0.29) is 17.7 Å². The molecule has 0 saturated heterocycles. The summed E-state index contributed by atoms with van der Waals surface area (Å²) in [5.41, 5.74) is 2.95. The number of carbonyl (C=O) groups is 1. The Labute approximate surface area is 137 Å². The second kappa shape index (κ2) is 5.84. The Morgan fingerprint density at radius 3 is 2.74 bits per heavy atom. The fourth-order valence-corrected chi connectivity index (χ4v) is 2.94. The van der Waals surface area contributed by atoms with Gasteiger partial charge in [0.1, 0.15) is 5.76 Å². The van der Waals surface area contributed by atoms with Crippen molar-refractivity contribution in [1.82, 2.24) is 4.98 Å². The first-order valence-corrected chi connectivity index (χ1v) is 8.21. The van der Waals surface area contributed by atoms with E-state index in [9.17, 15) is 4.79 Å². The van der Waals surface area contributed by atoms with Gasteiger partial charge in [0.2, 0.25) is 5.91 Å². The zero-order chi connectivity index (χ0) is 16.6. The first-order valence-electron chi connectivity index (χ1n) is 8.21. The third-order valence-electron chi connectivity index (χ3n) is 4.26. The summed E-state index contributed by atoms with van der Waals surface area (Å²) in [4.78, 5) is 19.2. The number of rotatable bonds is 2. The summed E-state index contributed by atoms with van der Waals surface area (Å²) >= 11 is 0. The van der Waals surface area contributed by atoms with Gasteiger partial charge in [-0.15, -0.1) is 0 Å². The summed E-state index contributed by atoms with van der Waals surface area (Å²) in [5.74, 6) is 1.46. The molecule has 0 aliphatic carbocycles. The molecular weight excluding hydrogens is 288 g/mol. The first kappa shape index (κ1) is 15.8. The molecule has 1 amide bonds. The quantitative estimate of drug-likeness (QED) is 0.847. The van der Waals surface area contributed by atoms with E-state index in [1.807, 2.05) is 30.0 Å². The van der Waals surface area contributed by atoms with Crippen molar-refractivity contribution < 1.29 is 9.21 Å². The molecule has 122 valence electrons. The van der Waals surface area contributed by atoms with Gasteiger partial charge in [-0.3, -0.25) is 4.79 Å². The molecule has 0 radical (unpaired) electrons. The van der Waals surface area contributed by atoms with E-state index >= 15 is 0 Å². The van der Waals surface area contributed by atoms with Crippen molar-refractivity contribution in [1.29, 1.82) is 0 Å². The average Bonchev–Trinajstić information content (AvgIpc) is 2.88. The second-order valence-electron chi connectivity index (χ2n) is 7.23. The average molecular weight is 312 g/mol. The largest absolute Gasteiger partial charge is 0.444 e. The molecule has 23 heavy (non-hydrogen) atoms. The Balaban J connectivity index is 1.82. The van der Waals surface area contributed by atoms with Crippen LogP contribution in [0.2, 0.25) is 0 Å². The third-order valence-corrected chi connectivity index (χ3v) is 4.26. The molecule has 0 bridgehead atoms. The number of anilines is 1. The lowest BCUT2D eigenvalue weighted by Gasteiger charge is -2.29. The van der Waals surface area contributed by atoms with Crippen LogP contribution in [0.3, 0.4) is 0 Å². The molecule has 1 aromatic carbocycles. The van der Waals surface area contributed by atoms with Crippen LogP contribution < -0.4 is 4.90 Å². The standard InChI is InChI=1S/C19H24N2O2/c1-13-16(23-18(20-13)19(2,3)4)12-17(22)21-11-7-9-14-8-5-6-10-15(14)21/h5-6,8,10H,7,9,11-12H2,1-4H3. The number of hydrogen-bond acceptors (Lipinski definition) is 3. The Hall–Kier alpha value is -2.10. The maximum atomic E-state index is 12.8. The Morgan fingerprint density at radius 1 is 1.30 bits per heavy atom. The Kier molecular flexibility index (Phi) is 4.00. The summed E-state index contributed by atoms with van der Waals surface area (Å²) in [6.45, 7) is 8.86. The molecule has 4 heteroatoms. The molecule has 0 atom stereocenters. The number of fused-ring (bicyclic) bond motifs is 1. The van der Waals surface area contributed by atoms with Crippen molar-refractivity contribution in [3.63, 3.8) is 0 Å². The van der Waals surface area contributed by atoms with Crippen molar-refractivity contribution in [3.05, 3.63) is 47.2 Å². The van der Waals surface area contributed by atoms with E-state index in [0.29, 0.717) is 11.7 Å². The van der Waals surface area contributed by atoms with Crippen LogP contribution in [0.25, 0.3) is 0 Å². The molecule has 1 aliphatic rings. The topological polar surface area (TPSA) is 46.3 Å². The molecule has 0 saturated carbocycles. The second-order valence-corrected chi connectivity index (χ2v) is 7.23. The highest BCUT2D eigenvalue weighted by Gasteiger charge is 2.26. The van der Waals surface area contributed by atoms with Gasteiger partial charge >= 0.3 is 0 Å². The van der Waals surface area contributed by atoms with Gasteiger partial charge in [-0.2, -0.15) is 0 Å². The summed E-state index contributed by atoms with van der Waals surface area (Å²) in [6, 6.07) is 8.15. The number of hydrogen-bond donors (Lipinski definition) is 0. The van der Waals surface area contributed by atoms with E-state index in [4.69, 9.17) is 4.42 Å². The SMILES string of the molecule is Cc1nc(C(C)(C)C)oc1CC(=O)N1CCCc2ccccc21. The maximum absolute atomic E-state index is 12.8. The van der Waals surface area contributed by atoms with Crippen LogP contribution in [-0.2, 0) is 23.1 Å². The highest BCUT2D eigenvalue weighted by atomic mass is 16.4. The number of amides is 1. The third kappa shape index (κ3) is 3.16. The predicted molar refractivity (Wildman–Crippen MR) is 90.8 cm³/mol.